The molecule has 0 radical (unpaired) electrons. The number of hydrogen-bond acceptors (Lipinski definition) is 4. The Morgan fingerprint density at radius 3 is 3.06 bits per heavy atom. The number of nitrogens with zero attached hydrogens (tertiary/aromatic N) is 2. The minimum Gasteiger partial charge on any atom is -0.508 e. The van der Waals surface area contributed by atoms with Crippen LogP contribution >= 0.6 is 0 Å². The second kappa shape index (κ2) is 3.71. The molecular weight excluding hydrogens is 218 g/mol. The van der Waals surface area contributed by atoms with Crippen LogP contribution in [-0.4, -0.2) is 21.2 Å². The number of phenolic OH excluding ortho intramolecular Hbond substituents is 1. The van der Waals surface area contributed by atoms with Crippen LogP contribution < -0.4 is 5.32 Å². The van der Waals surface area contributed by atoms with Crippen molar-refractivity contribution in [1.29, 1.82) is 0 Å². The Labute approximate surface area is 97.7 Å². The van der Waals surface area contributed by atoms with Gasteiger partial charge in [-0.25, -0.2) is 4.68 Å². The first-order valence-electron chi connectivity index (χ1n) is 5.35. The molecule has 1 aromatic carbocycles. The summed E-state index contributed by atoms with van der Waals surface area (Å²) in [7, 11) is 0. The van der Waals surface area contributed by atoms with E-state index in [1.165, 1.54) is 0 Å². The molecule has 86 valence electrons. The van der Waals surface area contributed by atoms with Crippen molar-refractivity contribution in [3.63, 3.8) is 0 Å². The van der Waals surface area contributed by atoms with E-state index in [9.17, 15) is 9.90 Å². The molecule has 1 aliphatic rings. The number of aldehydes is 1. The number of benzene rings is 1. The predicted octanol–water partition coefficient (Wildman–Crippen LogP) is 0.994. The summed E-state index contributed by atoms with van der Waals surface area (Å²) >= 11 is 0. The Balaban J connectivity index is 2.18. The summed E-state index contributed by atoms with van der Waals surface area (Å²) in [5.74, 6) is 0.160. The number of rotatable bonds is 2. The van der Waals surface area contributed by atoms with Crippen LogP contribution in [0.1, 0.15) is 21.7 Å². The fourth-order valence-electron chi connectivity index (χ4n) is 2.09. The van der Waals surface area contributed by atoms with E-state index in [0.717, 1.165) is 17.5 Å². The Bertz CT molecular complexity index is 589. The molecule has 0 unspecified atom stereocenters. The third-order valence-corrected chi connectivity index (χ3v) is 2.89. The minimum absolute atomic E-state index is 0.160. The van der Waals surface area contributed by atoms with Crippen molar-refractivity contribution >= 4 is 6.29 Å². The number of hydrogen-bond donors (Lipinski definition) is 2. The highest BCUT2D eigenvalue weighted by Crippen LogP contribution is 2.22. The van der Waals surface area contributed by atoms with Crippen molar-refractivity contribution in [3.05, 3.63) is 41.2 Å². The zero-order valence-corrected chi connectivity index (χ0v) is 9.05. The van der Waals surface area contributed by atoms with E-state index in [1.54, 1.807) is 22.9 Å². The molecule has 2 N–H and O–H groups in total. The van der Waals surface area contributed by atoms with Gasteiger partial charge in [-0.3, -0.25) is 4.79 Å². The molecule has 5 nitrogen and oxygen atoms in total. The third kappa shape index (κ3) is 1.52. The second-order valence-corrected chi connectivity index (χ2v) is 3.96. The van der Waals surface area contributed by atoms with E-state index in [2.05, 4.69) is 10.4 Å². The largest absolute Gasteiger partial charge is 0.508 e. The SMILES string of the molecule is O=Cc1c2c(nn1-c1cccc(O)c1)CNC2. The summed E-state index contributed by atoms with van der Waals surface area (Å²) in [6, 6.07) is 6.71. The number of aromatic nitrogens is 2. The van der Waals surface area contributed by atoms with Crippen LogP contribution in [0.3, 0.4) is 0 Å². The van der Waals surface area contributed by atoms with Gasteiger partial charge in [-0.15, -0.1) is 0 Å². The Morgan fingerprint density at radius 2 is 2.29 bits per heavy atom. The number of phenols is 1. The average molecular weight is 229 g/mol. The zero-order chi connectivity index (χ0) is 11.8. The van der Waals surface area contributed by atoms with Crippen molar-refractivity contribution in [2.45, 2.75) is 13.1 Å². The van der Waals surface area contributed by atoms with Gasteiger partial charge in [0.15, 0.2) is 6.29 Å². The molecule has 0 amide bonds. The van der Waals surface area contributed by atoms with Crippen LogP contribution in [0.5, 0.6) is 5.75 Å². The molecule has 0 atom stereocenters. The fourth-order valence-corrected chi connectivity index (χ4v) is 2.09. The summed E-state index contributed by atoms with van der Waals surface area (Å²) in [6.07, 6.45) is 0.808. The lowest BCUT2D eigenvalue weighted by molar-refractivity contribution is 0.111. The normalized spacial score (nSPS) is 13.6. The summed E-state index contributed by atoms with van der Waals surface area (Å²) < 4.78 is 1.58. The van der Waals surface area contributed by atoms with E-state index < -0.39 is 0 Å². The van der Waals surface area contributed by atoms with Crippen LogP contribution in [0, 0.1) is 0 Å². The van der Waals surface area contributed by atoms with Gasteiger partial charge in [0.25, 0.3) is 0 Å². The molecule has 0 spiro atoms. The number of carbonyl (C=O) groups is 1. The molecule has 1 aliphatic heterocycles. The first-order chi connectivity index (χ1) is 8.29. The van der Waals surface area contributed by atoms with E-state index in [1.807, 2.05) is 6.07 Å². The number of aromatic hydroxyl groups is 1. The van der Waals surface area contributed by atoms with Crippen molar-refractivity contribution in [2.75, 3.05) is 0 Å². The van der Waals surface area contributed by atoms with Crippen molar-refractivity contribution < 1.29 is 9.90 Å². The Hall–Kier alpha value is -2.14. The monoisotopic (exact) mass is 229 g/mol. The number of fused-ring (bicyclic) bond motifs is 1. The molecule has 2 heterocycles. The molecule has 0 saturated heterocycles. The molecule has 0 fully saturated rings. The standard InChI is InChI=1S/C12H11N3O2/c16-7-12-10-5-13-6-11(10)14-15(12)8-2-1-3-9(17)4-8/h1-4,7,13,17H,5-6H2. The maximum Gasteiger partial charge on any atom is 0.168 e. The average Bonchev–Trinajstić information content (AvgIpc) is 2.88. The summed E-state index contributed by atoms with van der Waals surface area (Å²) in [5.41, 5.74) is 3.09. The van der Waals surface area contributed by atoms with Crippen LogP contribution in [0.25, 0.3) is 5.69 Å². The van der Waals surface area contributed by atoms with E-state index in [4.69, 9.17) is 0 Å². The van der Waals surface area contributed by atoms with E-state index >= 15 is 0 Å². The molecule has 3 rings (SSSR count). The maximum atomic E-state index is 11.2. The summed E-state index contributed by atoms with van der Waals surface area (Å²) in [6.45, 7) is 1.35. The first kappa shape index (κ1) is 10.0. The van der Waals surface area contributed by atoms with Gasteiger partial charge < -0.3 is 10.4 Å². The molecule has 1 aromatic heterocycles. The van der Waals surface area contributed by atoms with Gasteiger partial charge in [-0.1, -0.05) is 6.07 Å². The molecular formula is C12H11N3O2. The highest BCUT2D eigenvalue weighted by atomic mass is 16.3. The highest BCUT2D eigenvalue weighted by Gasteiger charge is 2.22. The highest BCUT2D eigenvalue weighted by molar-refractivity contribution is 5.77. The quantitative estimate of drug-likeness (QED) is 0.754. The molecule has 0 bridgehead atoms. The van der Waals surface area contributed by atoms with Gasteiger partial charge in [-0.2, -0.15) is 5.10 Å². The fraction of sp³-hybridized carbons (Fsp3) is 0.167. The molecule has 17 heavy (non-hydrogen) atoms. The van der Waals surface area contributed by atoms with Gasteiger partial charge in [0.05, 0.1) is 11.4 Å². The number of carbonyl (C=O) groups excluding carboxylic acids is 1. The van der Waals surface area contributed by atoms with Gasteiger partial charge in [0.1, 0.15) is 11.4 Å². The summed E-state index contributed by atoms with van der Waals surface area (Å²) in [5, 5.41) is 17.0. The Morgan fingerprint density at radius 1 is 1.41 bits per heavy atom. The van der Waals surface area contributed by atoms with Crippen LogP contribution in [0.2, 0.25) is 0 Å². The van der Waals surface area contributed by atoms with Gasteiger partial charge in [0.2, 0.25) is 0 Å². The van der Waals surface area contributed by atoms with Crippen LogP contribution in [0.15, 0.2) is 24.3 Å². The lowest BCUT2D eigenvalue weighted by Gasteiger charge is -2.05. The zero-order valence-electron chi connectivity index (χ0n) is 9.05. The van der Waals surface area contributed by atoms with Gasteiger partial charge in [-0.05, 0) is 12.1 Å². The van der Waals surface area contributed by atoms with Crippen LogP contribution in [0.4, 0.5) is 0 Å². The van der Waals surface area contributed by atoms with Gasteiger partial charge in [0, 0.05) is 24.7 Å². The topological polar surface area (TPSA) is 67.2 Å². The molecule has 0 saturated carbocycles. The van der Waals surface area contributed by atoms with Gasteiger partial charge >= 0.3 is 0 Å². The lowest BCUT2D eigenvalue weighted by atomic mass is 10.2. The van der Waals surface area contributed by atoms with Crippen molar-refractivity contribution in [3.8, 4) is 11.4 Å². The number of nitrogens with one attached hydrogen (secondary N) is 1. The van der Waals surface area contributed by atoms with Crippen LogP contribution in [-0.2, 0) is 13.1 Å². The van der Waals surface area contributed by atoms with E-state index in [-0.39, 0.29) is 5.75 Å². The maximum absolute atomic E-state index is 11.2. The van der Waals surface area contributed by atoms with Crippen molar-refractivity contribution in [1.82, 2.24) is 15.1 Å². The molecule has 0 aliphatic carbocycles. The lowest BCUT2D eigenvalue weighted by Crippen LogP contribution is -2.09. The molecule has 2 aromatic rings. The second-order valence-electron chi connectivity index (χ2n) is 3.96. The first-order valence-corrected chi connectivity index (χ1v) is 5.35. The molecule has 5 heteroatoms. The van der Waals surface area contributed by atoms with E-state index in [0.29, 0.717) is 24.5 Å². The summed E-state index contributed by atoms with van der Waals surface area (Å²) in [4.78, 5) is 11.2. The predicted molar refractivity (Wildman–Crippen MR) is 61.2 cm³/mol. The Kier molecular flexibility index (Phi) is 2.19. The smallest absolute Gasteiger partial charge is 0.168 e. The third-order valence-electron chi connectivity index (χ3n) is 2.89. The minimum atomic E-state index is 0.160. The van der Waals surface area contributed by atoms with Crippen molar-refractivity contribution in [2.24, 2.45) is 0 Å².